The fraction of sp³-hybridized carbons (Fsp3) is 0.320. The molecule has 0 saturated heterocycles. The van der Waals surface area contributed by atoms with Gasteiger partial charge in [0.25, 0.3) is 5.56 Å². The number of nitrogens with zero attached hydrogens (tertiary/aromatic N) is 2. The molecule has 1 aliphatic rings. The van der Waals surface area contributed by atoms with Crippen LogP contribution in [0.25, 0.3) is 21.8 Å². The average molecular weight is 431 g/mol. The minimum atomic E-state index is -0.678. The number of hydrogen-bond donors (Lipinski definition) is 2. The van der Waals surface area contributed by atoms with Gasteiger partial charge in [-0.05, 0) is 42.2 Å². The molecule has 32 heavy (non-hydrogen) atoms. The Labute approximate surface area is 185 Å². The molecule has 3 heterocycles. The van der Waals surface area contributed by atoms with Crippen molar-refractivity contribution >= 4 is 27.7 Å². The predicted octanol–water partition coefficient (Wildman–Crippen LogP) is 3.89. The maximum absolute atomic E-state index is 13.7. The second kappa shape index (κ2) is 7.82. The zero-order valence-electron chi connectivity index (χ0n) is 18.4. The van der Waals surface area contributed by atoms with Gasteiger partial charge in [0.1, 0.15) is 17.6 Å². The van der Waals surface area contributed by atoms with Gasteiger partial charge in [0.2, 0.25) is 5.91 Å². The summed E-state index contributed by atoms with van der Waals surface area (Å²) in [6.07, 6.45) is 3.02. The van der Waals surface area contributed by atoms with Crippen molar-refractivity contribution in [2.24, 2.45) is 5.92 Å². The Balaban J connectivity index is 1.69. The molecular weight excluding hydrogens is 404 g/mol. The van der Waals surface area contributed by atoms with Crippen LogP contribution in [-0.4, -0.2) is 27.6 Å². The number of nitrogens with one attached hydrogen (secondary N) is 2. The maximum atomic E-state index is 13.7. The molecule has 1 aliphatic heterocycles. The quantitative estimate of drug-likeness (QED) is 0.503. The summed E-state index contributed by atoms with van der Waals surface area (Å²) in [6.45, 7) is 4.19. The molecule has 0 spiro atoms. The highest BCUT2D eigenvalue weighted by Crippen LogP contribution is 2.31. The first-order valence-corrected chi connectivity index (χ1v) is 10.9. The van der Waals surface area contributed by atoms with Gasteiger partial charge in [-0.15, -0.1) is 0 Å². The van der Waals surface area contributed by atoms with Crippen molar-refractivity contribution in [1.82, 2.24) is 19.9 Å². The minimum Gasteiger partial charge on any atom is -0.497 e. The van der Waals surface area contributed by atoms with Gasteiger partial charge >= 0.3 is 0 Å². The first-order chi connectivity index (χ1) is 15.5. The molecule has 7 heteroatoms. The van der Waals surface area contributed by atoms with Crippen LogP contribution < -0.4 is 15.6 Å². The van der Waals surface area contributed by atoms with E-state index in [2.05, 4.69) is 24.1 Å². The van der Waals surface area contributed by atoms with E-state index in [4.69, 9.17) is 9.72 Å². The number of benzene rings is 2. The topological polar surface area (TPSA) is 89.0 Å². The van der Waals surface area contributed by atoms with E-state index in [1.807, 2.05) is 30.5 Å². The first-order valence-electron chi connectivity index (χ1n) is 10.9. The zero-order chi connectivity index (χ0) is 22.4. The lowest BCUT2D eigenvalue weighted by molar-refractivity contribution is -0.126. The number of H-pyrrole nitrogens is 1. The Bertz CT molecular complexity index is 1390. The summed E-state index contributed by atoms with van der Waals surface area (Å²) in [4.78, 5) is 35.1. The van der Waals surface area contributed by atoms with Crippen molar-refractivity contribution in [2.75, 3.05) is 7.11 Å². The number of rotatable bonds is 5. The number of carbonyl (C=O) groups is 1. The number of ether oxygens (including phenoxy) is 1. The Morgan fingerprint density at radius 1 is 1.12 bits per heavy atom. The summed E-state index contributed by atoms with van der Waals surface area (Å²) in [5.41, 5.74) is 2.40. The maximum Gasteiger partial charge on any atom is 0.262 e. The van der Waals surface area contributed by atoms with Crippen molar-refractivity contribution in [3.8, 4) is 5.75 Å². The number of aromatic nitrogens is 3. The zero-order valence-corrected chi connectivity index (χ0v) is 18.4. The number of amides is 1. The molecule has 2 N–H and O–H groups in total. The van der Waals surface area contributed by atoms with Crippen LogP contribution in [0.2, 0.25) is 0 Å². The molecule has 2 atom stereocenters. The normalized spacial score (nSPS) is 18.2. The standard InChI is InChI=1S/C25H26N4O3/c1-14(2)10-21-23-27-20-9-8-16(32-3)12-18(20)25(31)29(23)22(24(30)28-21)11-15-13-26-19-7-5-4-6-17(15)19/h4-9,12-14,21-22,26H,10-11H2,1-3H3,(H,28,30)/t21-,22?/m0/s1. The molecule has 2 aromatic carbocycles. The van der Waals surface area contributed by atoms with Gasteiger partial charge in [-0.3, -0.25) is 14.2 Å². The fourth-order valence-corrected chi connectivity index (χ4v) is 4.65. The van der Waals surface area contributed by atoms with Crippen molar-refractivity contribution in [2.45, 2.75) is 38.8 Å². The van der Waals surface area contributed by atoms with E-state index in [0.717, 1.165) is 16.5 Å². The van der Waals surface area contributed by atoms with Crippen LogP contribution in [0.1, 0.15) is 43.7 Å². The number of para-hydroxylation sites is 1. The third-order valence-corrected chi connectivity index (χ3v) is 6.17. The molecule has 1 unspecified atom stereocenters. The van der Waals surface area contributed by atoms with E-state index in [9.17, 15) is 9.59 Å². The highest BCUT2D eigenvalue weighted by atomic mass is 16.5. The summed E-state index contributed by atoms with van der Waals surface area (Å²) in [6, 6.07) is 12.3. The van der Waals surface area contributed by atoms with Crippen LogP contribution in [-0.2, 0) is 11.2 Å². The Morgan fingerprint density at radius 2 is 1.94 bits per heavy atom. The molecule has 0 aliphatic carbocycles. The Hall–Kier alpha value is -3.61. The molecule has 5 rings (SSSR count). The monoisotopic (exact) mass is 430 g/mol. The van der Waals surface area contributed by atoms with E-state index in [0.29, 0.717) is 41.2 Å². The van der Waals surface area contributed by atoms with Crippen molar-refractivity contribution < 1.29 is 9.53 Å². The molecule has 1 amide bonds. The summed E-state index contributed by atoms with van der Waals surface area (Å²) in [5, 5.41) is 4.64. The lowest BCUT2D eigenvalue weighted by Crippen LogP contribution is -2.48. The summed E-state index contributed by atoms with van der Waals surface area (Å²) in [7, 11) is 1.57. The highest BCUT2D eigenvalue weighted by Gasteiger charge is 2.36. The first kappa shape index (κ1) is 20.3. The highest BCUT2D eigenvalue weighted by molar-refractivity contribution is 5.87. The molecule has 0 bridgehead atoms. The van der Waals surface area contributed by atoms with E-state index < -0.39 is 6.04 Å². The van der Waals surface area contributed by atoms with Gasteiger partial charge in [-0.1, -0.05) is 32.0 Å². The number of carbonyl (C=O) groups excluding carboxylic acids is 1. The minimum absolute atomic E-state index is 0.153. The van der Waals surface area contributed by atoms with Gasteiger partial charge in [0.15, 0.2) is 0 Å². The van der Waals surface area contributed by atoms with Gasteiger partial charge in [-0.2, -0.15) is 0 Å². The van der Waals surface area contributed by atoms with E-state index in [-0.39, 0.29) is 17.5 Å². The Morgan fingerprint density at radius 3 is 2.72 bits per heavy atom. The van der Waals surface area contributed by atoms with Gasteiger partial charge < -0.3 is 15.0 Å². The third kappa shape index (κ3) is 3.34. The lowest BCUT2D eigenvalue weighted by Gasteiger charge is -2.33. The predicted molar refractivity (Wildman–Crippen MR) is 124 cm³/mol. The average Bonchev–Trinajstić information content (AvgIpc) is 3.19. The van der Waals surface area contributed by atoms with Gasteiger partial charge in [0, 0.05) is 23.5 Å². The second-order valence-electron chi connectivity index (χ2n) is 8.80. The van der Waals surface area contributed by atoms with Crippen molar-refractivity contribution in [3.63, 3.8) is 0 Å². The fourth-order valence-electron chi connectivity index (χ4n) is 4.65. The van der Waals surface area contributed by atoms with Crippen molar-refractivity contribution in [3.05, 3.63) is 70.4 Å². The summed E-state index contributed by atoms with van der Waals surface area (Å²) < 4.78 is 6.92. The number of aromatic amines is 1. The van der Waals surface area contributed by atoms with Crippen LogP contribution in [0.15, 0.2) is 53.5 Å². The SMILES string of the molecule is COc1ccc2nc3n(c(=O)c2c1)C(Cc1c[nH]c2ccccc12)C(=O)N[C@H]3CC(C)C. The molecule has 0 radical (unpaired) electrons. The molecular formula is C25H26N4O3. The number of methoxy groups -OCH3 is 1. The van der Waals surface area contributed by atoms with E-state index in [1.54, 1.807) is 29.9 Å². The van der Waals surface area contributed by atoms with E-state index >= 15 is 0 Å². The molecule has 7 nitrogen and oxygen atoms in total. The number of fused-ring (bicyclic) bond motifs is 3. The number of hydrogen-bond acceptors (Lipinski definition) is 4. The molecule has 4 aromatic rings. The largest absolute Gasteiger partial charge is 0.497 e. The third-order valence-electron chi connectivity index (χ3n) is 6.17. The van der Waals surface area contributed by atoms with Crippen LogP contribution in [0.3, 0.4) is 0 Å². The Kier molecular flexibility index (Phi) is 4.96. The molecule has 0 fully saturated rings. The summed E-state index contributed by atoms with van der Waals surface area (Å²) in [5.74, 6) is 1.39. The molecule has 2 aromatic heterocycles. The van der Waals surface area contributed by atoms with Crippen LogP contribution in [0, 0.1) is 5.92 Å². The van der Waals surface area contributed by atoms with Crippen LogP contribution in [0.5, 0.6) is 5.75 Å². The lowest BCUT2D eigenvalue weighted by atomic mass is 9.96. The van der Waals surface area contributed by atoms with Gasteiger partial charge in [0.05, 0.1) is 24.1 Å². The molecule has 0 saturated carbocycles. The van der Waals surface area contributed by atoms with E-state index in [1.165, 1.54) is 0 Å². The van der Waals surface area contributed by atoms with Crippen LogP contribution >= 0.6 is 0 Å². The van der Waals surface area contributed by atoms with Crippen molar-refractivity contribution in [1.29, 1.82) is 0 Å². The molecule has 164 valence electrons. The smallest absolute Gasteiger partial charge is 0.262 e. The van der Waals surface area contributed by atoms with Crippen LogP contribution in [0.4, 0.5) is 0 Å². The van der Waals surface area contributed by atoms with Gasteiger partial charge in [-0.25, -0.2) is 4.98 Å². The second-order valence-corrected chi connectivity index (χ2v) is 8.80. The summed E-state index contributed by atoms with van der Waals surface area (Å²) >= 11 is 0.